The normalized spacial score (nSPS) is 20.8. The van der Waals surface area contributed by atoms with Crippen LogP contribution in [0.3, 0.4) is 0 Å². The highest BCUT2D eigenvalue weighted by atomic mass is 35.5. The summed E-state index contributed by atoms with van der Waals surface area (Å²) in [4.78, 5) is 14.1. The van der Waals surface area contributed by atoms with Gasteiger partial charge in [-0.25, -0.2) is 0 Å². The molecular formula is C30H26ClNO. The zero-order valence-electron chi connectivity index (χ0n) is 18.8. The van der Waals surface area contributed by atoms with Crippen LogP contribution in [0.1, 0.15) is 42.9 Å². The maximum atomic E-state index is 14.1. The Kier molecular flexibility index (Phi) is 5.55. The molecule has 1 N–H and O–H groups in total. The number of rotatable bonds is 3. The molecule has 2 aliphatic rings. The summed E-state index contributed by atoms with van der Waals surface area (Å²) in [7, 11) is 0. The Bertz CT molecular complexity index is 1280. The van der Waals surface area contributed by atoms with Crippen LogP contribution < -0.4 is 5.32 Å². The minimum atomic E-state index is -0.289. The molecule has 0 amide bonds. The van der Waals surface area contributed by atoms with E-state index in [1.807, 2.05) is 72.8 Å². The van der Waals surface area contributed by atoms with Gasteiger partial charge in [-0.3, -0.25) is 4.79 Å². The minimum absolute atomic E-state index is 0.112. The molecule has 1 aliphatic heterocycles. The molecule has 3 aromatic rings. The summed E-state index contributed by atoms with van der Waals surface area (Å²) in [5, 5.41) is 4.31. The van der Waals surface area contributed by atoms with Crippen molar-refractivity contribution < 1.29 is 4.79 Å². The van der Waals surface area contributed by atoms with Crippen molar-refractivity contribution in [2.75, 3.05) is 0 Å². The van der Waals surface area contributed by atoms with E-state index in [1.165, 1.54) is 0 Å². The third-order valence-corrected chi connectivity index (χ3v) is 6.77. The van der Waals surface area contributed by atoms with Crippen LogP contribution in [0.4, 0.5) is 0 Å². The number of carbonyl (C=O) groups excluding carboxylic acids is 1. The van der Waals surface area contributed by atoms with Crippen LogP contribution >= 0.6 is 11.6 Å². The van der Waals surface area contributed by atoms with E-state index in [2.05, 4.69) is 43.4 Å². The molecule has 1 atom stereocenters. The summed E-state index contributed by atoms with van der Waals surface area (Å²) in [6, 6.07) is 28.2. The Hall–Kier alpha value is -3.36. The van der Waals surface area contributed by atoms with Gasteiger partial charge in [-0.1, -0.05) is 98.2 Å². The molecule has 0 spiro atoms. The van der Waals surface area contributed by atoms with Gasteiger partial charge in [0.2, 0.25) is 0 Å². The smallest absolute Gasteiger partial charge is 0.188 e. The quantitative estimate of drug-likeness (QED) is 0.420. The predicted octanol–water partition coefficient (Wildman–Crippen LogP) is 7.40. The fraction of sp³-hybridized carbons (Fsp3) is 0.167. The maximum Gasteiger partial charge on any atom is 0.188 e. The molecule has 3 heteroatoms. The Morgan fingerprint density at radius 3 is 2.21 bits per heavy atom. The molecule has 0 saturated carbocycles. The van der Waals surface area contributed by atoms with Crippen LogP contribution in [-0.2, 0) is 4.79 Å². The number of hydrogen-bond donors (Lipinski definition) is 1. The molecule has 0 radical (unpaired) electrons. The highest BCUT2D eigenvalue weighted by Crippen LogP contribution is 2.48. The lowest BCUT2D eigenvalue weighted by atomic mass is 9.67. The second-order valence-corrected chi connectivity index (χ2v) is 9.79. The van der Waals surface area contributed by atoms with E-state index in [4.69, 9.17) is 11.6 Å². The SMILES string of the molecule is CC1(C)CC2=C(C(=O)/C1=C\c1ccccc1)C(c1ccc(Cl)cc1)C=C(c1ccccc1)N2. The summed E-state index contributed by atoms with van der Waals surface area (Å²) >= 11 is 6.18. The first-order chi connectivity index (χ1) is 15.9. The zero-order chi connectivity index (χ0) is 23.0. The lowest BCUT2D eigenvalue weighted by Crippen LogP contribution is -2.37. The molecule has 1 heterocycles. The van der Waals surface area contributed by atoms with Crippen molar-refractivity contribution in [2.45, 2.75) is 26.2 Å². The average molecular weight is 452 g/mol. The van der Waals surface area contributed by atoms with Gasteiger partial charge >= 0.3 is 0 Å². The van der Waals surface area contributed by atoms with E-state index in [0.29, 0.717) is 5.02 Å². The monoisotopic (exact) mass is 451 g/mol. The van der Waals surface area contributed by atoms with E-state index in [0.717, 1.165) is 45.7 Å². The molecule has 164 valence electrons. The van der Waals surface area contributed by atoms with Crippen LogP contribution in [0, 0.1) is 5.41 Å². The second-order valence-electron chi connectivity index (χ2n) is 9.35. The lowest BCUT2D eigenvalue weighted by Gasteiger charge is -2.40. The van der Waals surface area contributed by atoms with Gasteiger partial charge in [-0.15, -0.1) is 0 Å². The number of halogens is 1. The van der Waals surface area contributed by atoms with E-state index in [9.17, 15) is 4.79 Å². The Labute approximate surface area is 200 Å². The van der Waals surface area contributed by atoms with E-state index in [-0.39, 0.29) is 17.1 Å². The molecule has 0 aromatic heterocycles. The predicted molar refractivity (Wildman–Crippen MR) is 137 cm³/mol. The van der Waals surface area contributed by atoms with Gasteiger partial charge in [0, 0.05) is 33.5 Å². The van der Waals surface area contributed by atoms with Gasteiger partial charge < -0.3 is 5.32 Å². The molecule has 0 fully saturated rings. The number of hydrogen-bond acceptors (Lipinski definition) is 2. The van der Waals surface area contributed by atoms with E-state index >= 15 is 0 Å². The van der Waals surface area contributed by atoms with Crippen molar-refractivity contribution in [1.29, 1.82) is 0 Å². The molecule has 0 saturated heterocycles. The van der Waals surface area contributed by atoms with Crippen molar-refractivity contribution in [1.82, 2.24) is 5.32 Å². The summed E-state index contributed by atoms with van der Waals surface area (Å²) in [6.07, 6.45) is 5.00. The molecule has 1 unspecified atom stereocenters. The van der Waals surface area contributed by atoms with Crippen LogP contribution in [0.5, 0.6) is 0 Å². The fourth-order valence-corrected chi connectivity index (χ4v) is 4.94. The van der Waals surface area contributed by atoms with Crippen LogP contribution in [0.25, 0.3) is 11.8 Å². The molecule has 3 aromatic carbocycles. The van der Waals surface area contributed by atoms with Crippen LogP contribution in [0.15, 0.2) is 108 Å². The Morgan fingerprint density at radius 2 is 1.55 bits per heavy atom. The number of nitrogens with one attached hydrogen (secondary N) is 1. The highest BCUT2D eigenvalue weighted by molar-refractivity contribution is 6.30. The first kappa shape index (κ1) is 21.5. The van der Waals surface area contributed by atoms with Gasteiger partial charge in [-0.05, 0) is 52.8 Å². The van der Waals surface area contributed by atoms with Gasteiger partial charge in [-0.2, -0.15) is 0 Å². The third kappa shape index (κ3) is 4.19. The number of allylic oxidation sites excluding steroid dienone is 4. The van der Waals surface area contributed by atoms with Crippen LogP contribution in [-0.4, -0.2) is 5.78 Å². The van der Waals surface area contributed by atoms with Crippen molar-refractivity contribution in [3.8, 4) is 0 Å². The van der Waals surface area contributed by atoms with Gasteiger partial charge in [0.1, 0.15) is 0 Å². The Balaban J connectivity index is 1.65. The minimum Gasteiger partial charge on any atom is -0.358 e. The topological polar surface area (TPSA) is 29.1 Å². The standard InChI is InChI=1S/C30H26ClNO/c1-30(2)19-27-28(29(33)25(30)17-20-9-5-3-6-10-20)24(21-13-15-23(31)16-14-21)18-26(32-27)22-11-7-4-8-12-22/h3-18,24,32H,19H2,1-2H3/b25-17+. The first-order valence-corrected chi connectivity index (χ1v) is 11.6. The maximum absolute atomic E-state index is 14.1. The zero-order valence-corrected chi connectivity index (χ0v) is 19.6. The average Bonchev–Trinajstić information content (AvgIpc) is 2.82. The summed E-state index contributed by atoms with van der Waals surface area (Å²) in [5.41, 5.74) is 6.66. The highest BCUT2D eigenvalue weighted by Gasteiger charge is 2.42. The van der Waals surface area contributed by atoms with Crippen molar-refractivity contribution in [2.24, 2.45) is 5.41 Å². The number of benzene rings is 3. The molecule has 2 nitrogen and oxygen atoms in total. The number of carbonyl (C=O) groups is 1. The second kappa shape index (κ2) is 8.53. The molecule has 33 heavy (non-hydrogen) atoms. The molecule has 5 rings (SSSR count). The van der Waals surface area contributed by atoms with Crippen molar-refractivity contribution >= 4 is 29.2 Å². The number of ketones is 1. The summed E-state index contributed by atoms with van der Waals surface area (Å²) < 4.78 is 0. The van der Waals surface area contributed by atoms with E-state index < -0.39 is 0 Å². The Morgan fingerprint density at radius 1 is 0.909 bits per heavy atom. The lowest BCUT2D eigenvalue weighted by molar-refractivity contribution is -0.113. The molecule has 1 aliphatic carbocycles. The molecular weight excluding hydrogens is 426 g/mol. The van der Waals surface area contributed by atoms with Gasteiger partial charge in [0.05, 0.1) is 0 Å². The van der Waals surface area contributed by atoms with Gasteiger partial charge in [0.25, 0.3) is 0 Å². The number of dihydropyridines is 1. The van der Waals surface area contributed by atoms with Crippen molar-refractivity contribution in [3.63, 3.8) is 0 Å². The summed E-state index contributed by atoms with van der Waals surface area (Å²) in [5.74, 6) is -0.0302. The van der Waals surface area contributed by atoms with E-state index in [1.54, 1.807) is 0 Å². The van der Waals surface area contributed by atoms with Crippen LogP contribution in [0.2, 0.25) is 5.02 Å². The third-order valence-electron chi connectivity index (χ3n) is 6.52. The molecule has 0 bridgehead atoms. The number of Topliss-reactive ketones (excluding diaryl/α,β-unsaturated/α-hetero) is 1. The fourth-order valence-electron chi connectivity index (χ4n) is 4.81. The first-order valence-electron chi connectivity index (χ1n) is 11.3. The largest absolute Gasteiger partial charge is 0.358 e. The van der Waals surface area contributed by atoms with Gasteiger partial charge in [0.15, 0.2) is 5.78 Å². The summed E-state index contributed by atoms with van der Waals surface area (Å²) in [6.45, 7) is 4.31. The van der Waals surface area contributed by atoms with Crippen molar-refractivity contribution in [3.05, 3.63) is 130 Å².